The second-order valence-corrected chi connectivity index (χ2v) is 6.00. The molecule has 0 aliphatic carbocycles. The van der Waals surface area contributed by atoms with Gasteiger partial charge in [0.15, 0.2) is 0 Å². The average Bonchev–Trinajstić information content (AvgIpc) is 2.62. The monoisotopic (exact) mass is 275 g/mol. The molecule has 0 aromatic heterocycles. The average molecular weight is 275 g/mol. The van der Waals surface area contributed by atoms with Gasteiger partial charge in [0.1, 0.15) is 0 Å². The van der Waals surface area contributed by atoms with Crippen LogP contribution in [0.4, 0.5) is 11.4 Å². The van der Waals surface area contributed by atoms with Crippen LogP contribution >= 0.6 is 0 Å². The number of nitrogens with zero attached hydrogens (tertiary/aromatic N) is 2. The molecule has 1 aliphatic heterocycles. The van der Waals surface area contributed by atoms with Crippen LogP contribution in [-0.4, -0.2) is 38.0 Å². The maximum atomic E-state index is 12.3. The fraction of sp³-hybridized carbons (Fsp3) is 0.562. The van der Waals surface area contributed by atoms with Crippen LogP contribution in [0, 0.1) is 5.92 Å². The first-order valence-corrected chi connectivity index (χ1v) is 7.35. The molecule has 2 N–H and O–H groups in total. The predicted octanol–water partition coefficient (Wildman–Crippen LogP) is 2.60. The summed E-state index contributed by atoms with van der Waals surface area (Å²) in [5.74, 6) is 0.798. The molecular formula is C16H25N3O. The highest BCUT2D eigenvalue weighted by Crippen LogP contribution is 2.28. The van der Waals surface area contributed by atoms with Crippen LogP contribution in [-0.2, 0) is 0 Å². The fourth-order valence-electron chi connectivity index (χ4n) is 2.74. The van der Waals surface area contributed by atoms with Gasteiger partial charge in [-0.1, -0.05) is 6.92 Å². The molecule has 1 aliphatic rings. The lowest BCUT2D eigenvalue weighted by atomic mass is 10.0. The van der Waals surface area contributed by atoms with E-state index in [1.165, 1.54) is 19.3 Å². The van der Waals surface area contributed by atoms with Gasteiger partial charge in [0.25, 0.3) is 5.91 Å². The number of hydrogen-bond donors (Lipinski definition) is 1. The summed E-state index contributed by atoms with van der Waals surface area (Å²) in [5, 5.41) is 0. The van der Waals surface area contributed by atoms with Crippen molar-refractivity contribution in [3.63, 3.8) is 0 Å². The summed E-state index contributed by atoms with van der Waals surface area (Å²) < 4.78 is 0. The minimum Gasteiger partial charge on any atom is -0.399 e. The van der Waals surface area contributed by atoms with Crippen molar-refractivity contribution in [2.75, 3.05) is 37.8 Å². The van der Waals surface area contributed by atoms with E-state index in [0.29, 0.717) is 5.69 Å². The summed E-state index contributed by atoms with van der Waals surface area (Å²) in [5.41, 5.74) is 8.37. The first-order valence-electron chi connectivity index (χ1n) is 7.35. The van der Waals surface area contributed by atoms with Crippen LogP contribution < -0.4 is 10.6 Å². The second-order valence-electron chi connectivity index (χ2n) is 6.00. The van der Waals surface area contributed by atoms with E-state index in [9.17, 15) is 4.79 Å². The quantitative estimate of drug-likeness (QED) is 0.844. The van der Waals surface area contributed by atoms with Gasteiger partial charge in [-0.3, -0.25) is 4.79 Å². The number of nitrogen functional groups attached to an aromatic ring is 1. The molecule has 1 heterocycles. The Kier molecular flexibility index (Phi) is 4.53. The topological polar surface area (TPSA) is 49.6 Å². The molecule has 1 unspecified atom stereocenters. The summed E-state index contributed by atoms with van der Waals surface area (Å²) in [6.45, 7) is 4.30. The largest absolute Gasteiger partial charge is 0.399 e. The van der Waals surface area contributed by atoms with Gasteiger partial charge in [-0.25, -0.2) is 0 Å². The van der Waals surface area contributed by atoms with Gasteiger partial charge < -0.3 is 15.5 Å². The maximum Gasteiger partial charge on any atom is 0.255 e. The van der Waals surface area contributed by atoms with Crippen LogP contribution in [0.25, 0.3) is 0 Å². The number of carbonyl (C=O) groups excluding carboxylic acids is 1. The molecular weight excluding hydrogens is 250 g/mol. The SMILES string of the molecule is CC1CCCN(c2cc(N)ccc2C(=O)N(C)C)CC1. The Morgan fingerprint density at radius 2 is 2.05 bits per heavy atom. The van der Waals surface area contributed by atoms with Crippen molar-refractivity contribution in [3.05, 3.63) is 23.8 Å². The van der Waals surface area contributed by atoms with E-state index < -0.39 is 0 Å². The summed E-state index contributed by atoms with van der Waals surface area (Å²) in [6.07, 6.45) is 3.60. The Morgan fingerprint density at radius 1 is 1.30 bits per heavy atom. The molecule has 2 rings (SSSR count). The zero-order valence-corrected chi connectivity index (χ0v) is 12.7. The molecule has 1 saturated heterocycles. The smallest absolute Gasteiger partial charge is 0.255 e. The van der Waals surface area contributed by atoms with Crippen molar-refractivity contribution in [1.82, 2.24) is 4.90 Å². The lowest BCUT2D eigenvalue weighted by Gasteiger charge is -2.26. The number of nitrogens with two attached hydrogens (primary N) is 1. The summed E-state index contributed by atoms with van der Waals surface area (Å²) in [7, 11) is 3.57. The summed E-state index contributed by atoms with van der Waals surface area (Å²) >= 11 is 0. The van der Waals surface area contributed by atoms with Gasteiger partial charge in [-0.15, -0.1) is 0 Å². The van der Waals surface area contributed by atoms with E-state index in [1.807, 2.05) is 12.1 Å². The molecule has 4 heteroatoms. The van der Waals surface area contributed by atoms with E-state index in [4.69, 9.17) is 5.73 Å². The standard InChI is InChI=1S/C16H25N3O/c1-12-5-4-9-19(10-8-12)15-11-13(17)6-7-14(15)16(20)18(2)3/h6-7,11-12H,4-5,8-10,17H2,1-3H3. The number of benzene rings is 1. The van der Waals surface area contributed by atoms with E-state index in [-0.39, 0.29) is 5.91 Å². The minimum atomic E-state index is 0.0392. The molecule has 4 nitrogen and oxygen atoms in total. The first-order chi connectivity index (χ1) is 9.49. The summed E-state index contributed by atoms with van der Waals surface area (Å²) in [6, 6.07) is 5.59. The molecule has 0 bridgehead atoms. The Morgan fingerprint density at radius 3 is 2.75 bits per heavy atom. The van der Waals surface area contributed by atoms with Crippen LogP contribution in [0.15, 0.2) is 18.2 Å². The molecule has 1 aromatic carbocycles. The van der Waals surface area contributed by atoms with Gasteiger partial charge in [0.05, 0.1) is 11.3 Å². The zero-order chi connectivity index (χ0) is 14.7. The third-order valence-corrected chi connectivity index (χ3v) is 4.02. The lowest BCUT2D eigenvalue weighted by molar-refractivity contribution is 0.0828. The second kappa shape index (κ2) is 6.16. The third-order valence-electron chi connectivity index (χ3n) is 4.02. The minimum absolute atomic E-state index is 0.0392. The van der Waals surface area contributed by atoms with Crippen molar-refractivity contribution in [1.29, 1.82) is 0 Å². The molecule has 110 valence electrons. The van der Waals surface area contributed by atoms with Crippen molar-refractivity contribution in [2.24, 2.45) is 5.92 Å². The van der Waals surface area contributed by atoms with Crippen molar-refractivity contribution < 1.29 is 4.79 Å². The van der Waals surface area contributed by atoms with Gasteiger partial charge in [-0.2, -0.15) is 0 Å². The number of anilines is 2. The number of hydrogen-bond acceptors (Lipinski definition) is 3. The number of amides is 1. The van der Waals surface area contributed by atoms with Crippen LogP contribution in [0.1, 0.15) is 36.5 Å². The van der Waals surface area contributed by atoms with Gasteiger partial charge in [0, 0.05) is 32.9 Å². The molecule has 0 saturated carbocycles. The van der Waals surface area contributed by atoms with E-state index >= 15 is 0 Å². The van der Waals surface area contributed by atoms with E-state index in [2.05, 4.69) is 11.8 Å². The number of rotatable bonds is 2. The molecule has 1 atom stereocenters. The fourth-order valence-corrected chi connectivity index (χ4v) is 2.74. The van der Waals surface area contributed by atoms with Crippen molar-refractivity contribution >= 4 is 17.3 Å². The van der Waals surface area contributed by atoms with Crippen LogP contribution in [0.3, 0.4) is 0 Å². The highest BCUT2D eigenvalue weighted by molar-refractivity contribution is 6.00. The Balaban J connectivity index is 2.33. The van der Waals surface area contributed by atoms with E-state index in [1.54, 1.807) is 25.1 Å². The van der Waals surface area contributed by atoms with Gasteiger partial charge >= 0.3 is 0 Å². The van der Waals surface area contributed by atoms with Crippen LogP contribution in [0.5, 0.6) is 0 Å². The molecule has 0 spiro atoms. The Hall–Kier alpha value is -1.71. The van der Waals surface area contributed by atoms with Crippen molar-refractivity contribution in [3.8, 4) is 0 Å². The van der Waals surface area contributed by atoms with Gasteiger partial charge in [-0.05, 0) is 43.4 Å². The normalized spacial score (nSPS) is 19.6. The zero-order valence-electron chi connectivity index (χ0n) is 12.7. The molecule has 1 amide bonds. The van der Waals surface area contributed by atoms with Crippen LogP contribution in [0.2, 0.25) is 0 Å². The first kappa shape index (κ1) is 14.7. The Bertz CT molecular complexity index is 485. The van der Waals surface area contributed by atoms with Crippen molar-refractivity contribution in [2.45, 2.75) is 26.2 Å². The molecule has 1 aromatic rings. The molecule has 1 fully saturated rings. The lowest BCUT2D eigenvalue weighted by Crippen LogP contribution is -2.29. The predicted molar refractivity (Wildman–Crippen MR) is 84.1 cm³/mol. The molecule has 20 heavy (non-hydrogen) atoms. The highest BCUT2D eigenvalue weighted by atomic mass is 16.2. The maximum absolute atomic E-state index is 12.3. The highest BCUT2D eigenvalue weighted by Gasteiger charge is 2.20. The van der Waals surface area contributed by atoms with E-state index in [0.717, 1.165) is 30.3 Å². The number of carbonyl (C=O) groups is 1. The summed E-state index contributed by atoms with van der Waals surface area (Å²) in [4.78, 5) is 16.3. The third kappa shape index (κ3) is 3.24. The van der Waals surface area contributed by atoms with Gasteiger partial charge in [0.2, 0.25) is 0 Å². The molecule has 0 radical (unpaired) electrons. The Labute approximate surface area is 121 Å².